The molecule has 1 aliphatic heterocycles. The maximum atomic E-state index is 11.4. The SMILES string of the molecule is CCC(=O)OC[C@@]12CO[C@@H](C)[C@@H](C1)C(C)=C[C@H]2C. The molecule has 3 heteroatoms. The van der Waals surface area contributed by atoms with E-state index in [9.17, 15) is 4.79 Å². The zero-order chi connectivity index (χ0) is 13.3. The van der Waals surface area contributed by atoms with E-state index < -0.39 is 0 Å². The van der Waals surface area contributed by atoms with Gasteiger partial charge in [0, 0.05) is 17.8 Å². The third-order valence-corrected chi connectivity index (χ3v) is 4.70. The summed E-state index contributed by atoms with van der Waals surface area (Å²) in [5.41, 5.74) is 1.41. The predicted molar refractivity (Wildman–Crippen MR) is 70.1 cm³/mol. The van der Waals surface area contributed by atoms with Gasteiger partial charge in [-0.05, 0) is 26.2 Å². The van der Waals surface area contributed by atoms with Gasteiger partial charge in [0.1, 0.15) is 0 Å². The number of fused-ring (bicyclic) bond motifs is 2. The van der Waals surface area contributed by atoms with E-state index in [4.69, 9.17) is 9.47 Å². The smallest absolute Gasteiger partial charge is 0.305 e. The Labute approximate surface area is 110 Å². The van der Waals surface area contributed by atoms with Crippen LogP contribution in [0.5, 0.6) is 0 Å². The number of hydrogen-bond donors (Lipinski definition) is 0. The summed E-state index contributed by atoms with van der Waals surface area (Å²) >= 11 is 0. The van der Waals surface area contributed by atoms with Crippen LogP contribution in [0.1, 0.15) is 40.5 Å². The molecule has 102 valence electrons. The summed E-state index contributed by atoms with van der Waals surface area (Å²) in [5, 5.41) is 0. The minimum absolute atomic E-state index is 0.0124. The first-order valence-electron chi connectivity index (χ1n) is 6.94. The second-order valence-electron chi connectivity index (χ2n) is 5.90. The molecule has 0 aromatic carbocycles. The zero-order valence-electron chi connectivity index (χ0n) is 11.9. The lowest BCUT2D eigenvalue weighted by Crippen LogP contribution is -2.50. The number of carbonyl (C=O) groups excluding carboxylic acids is 1. The van der Waals surface area contributed by atoms with Crippen molar-refractivity contribution in [2.45, 2.75) is 46.6 Å². The van der Waals surface area contributed by atoms with Gasteiger partial charge in [0.25, 0.3) is 0 Å². The number of rotatable bonds is 3. The fraction of sp³-hybridized carbons (Fsp3) is 0.800. The number of ether oxygens (including phenoxy) is 2. The Morgan fingerprint density at radius 3 is 2.94 bits per heavy atom. The van der Waals surface area contributed by atoms with Gasteiger partial charge in [-0.25, -0.2) is 0 Å². The zero-order valence-corrected chi connectivity index (χ0v) is 11.9. The Hall–Kier alpha value is -0.830. The summed E-state index contributed by atoms with van der Waals surface area (Å²) in [5.74, 6) is 0.777. The van der Waals surface area contributed by atoms with Crippen LogP contribution >= 0.6 is 0 Å². The van der Waals surface area contributed by atoms with E-state index in [0.29, 0.717) is 31.5 Å². The fourth-order valence-electron chi connectivity index (χ4n) is 3.18. The molecule has 2 aliphatic rings. The molecule has 0 aromatic rings. The van der Waals surface area contributed by atoms with Crippen LogP contribution in [-0.4, -0.2) is 25.3 Å². The average Bonchev–Trinajstić information content (AvgIpc) is 2.36. The van der Waals surface area contributed by atoms with Gasteiger partial charge in [-0.2, -0.15) is 0 Å². The molecule has 0 saturated carbocycles. The highest BCUT2D eigenvalue weighted by Crippen LogP contribution is 2.48. The van der Waals surface area contributed by atoms with Crippen molar-refractivity contribution >= 4 is 5.97 Å². The van der Waals surface area contributed by atoms with Crippen molar-refractivity contribution < 1.29 is 14.3 Å². The predicted octanol–water partition coefficient (Wildman–Crippen LogP) is 2.95. The summed E-state index contributed by atoms with van der Waals surface area (Å²) in [6.07, 6.45) is 4.14. The van der Waals surface area contributed by atoms with E-state index in [1.54, 1.807) is 0 Å². The average molecular weight is 252 g/mol. The van der Waals surface area contributed by atoms with E-state index in [2.05, 4.69) is 26.8 Å². The van der Waals surface area contributed by atoms with Gasteiger partial charge in [-0.1, -0.05) is 25.5 Å². The third kappa shape index (κ3) is 2.33. The van der Waals surface area contributed by atoms with Crippen molar-refractivity contribution in [1.29, 1.82) is 0 Å². The minimum Gasteiger partial charge on any atom is -0.465 e. The molecule has 2 rings (SSSR count). The normalized spacial score (nSPS) is 39.1. The summed E-state index contributed by atoms with van der Waals surface area (Å²) in [6, 6.07) is 0. The molecule has 1 saturated heterocycles. The van der Waals surface area contributed by atoms with Crippen molar-refractivity contribution in [2.75, 3.05) is 13.2 Å². The van der Waals surface area contributed by atoms with E-state index in [-0.39, 0.29) is 17.5 Å². The number of hydrogen-bond acceptors (Lipinski definition) is 3. The Morgan fingerprint density at radius 1 is 1.56 bits per heavy atom. The summed E-state index contributed by atoms with van der Waals surface area (Å²) in [4.78, 5) is 11.4. The van der Waals surface area contributed by atoms with Crippen molar-refractivity contribution in [3.63, 3.8) is 0 Å². The largest absolute Gasteiger partial charge is 0.465 e. The lowest BCUT2D eigenvalue weighted by Gasteiger charge is -2.49. The Morgan fingerprint density at radius 2 is 2.28 bits per heavy atom. The van der Waals surface area contributed by atoms with Crippen molar-refractivity contribution in [2.24, 2.45) is 17.3 Å². The van der Waals surface area contributed by atoms with Crippen molar-refractivity contribution in [3.8, 4) is 0 Å². The third-order valence-electron chi connectivity index (χ3n) is 4.70. The Bertz CT molecular complexity index is 361. The van der Waals surface area contributed by atoms with Crippen LogP contribution in [0.15, 0.2) is 11.6 Å². The van der Waals surface area contributed by atoms with Gasteiger partial charge < -0.3 is 9.47 Å². The van der Waals surface area contributed by atoms with Crippen LogP contribution < -0.4 is 0 Å². The summed E-state index contributed by atoms with van der Waals surface area (Å²) < 4.78 is 11.3. The standard InChI is InChI=1S/C15H24O3/c1-5-14(16)18-9-15-7-13(12(4)17-8-15)10(2)6-11(15)3/h6,11-13H,5,7-9H2,1-4H3/t11-,12+,13+,15+/m1/s1. The molecule has 0 aromatic heterocycles. The maximum absolute atomic E-state index is 11.4. The van der Waals surface area contributed by atoms with Crippen LogP contribution in [-0.2, 0) is 14.3 Å². The quantitative estimate of drug-likeness (QED) is 0.572. The molecule has 1 heterocycles. The lowest BCUT2D eigenvalue weighted by molar-refractivity contribution is -0.161. The van der Waals surface area contributed by atoms with Crippen LogP contribution in [0.3, 0.4) is 0 Å². The number of carbonyl (C=O) groups is 1. The molecule has 0 amide bonds. The van der Waals surface area contributed by atoms with Gasteiger partial charge in [0.2, 0.25) is 0 Å². The van der Waals surface area contributed by atoms with Crippen LogP contribution in [0.25, 0.3) is 0 Å². The first-order valence-corrected chi connectivity index (χ1v) is 6.94. The maximum Gasteiger partial charge on any atom is 0.305 e. The Balaban J connectivity index is 2.14. The first kappa shape index (κ1) is 13.6. The first-order chi connectivity index (χ1) is 8.48. The van der Waals surface area contributed by atoms with Crippen molar-refractivity contribution in [3.05, 3.63) is 11.6 Å². The molecular formula is C15H24O3. The molecule has 0 radical (unpaired) electrons. The molecule has 0 spiro atoms. The van der Waals surface area contributed by atoms with Gasteiger partial charge in [-0.3, -0.25) is 4.79 Å². The molecule has 0 N–H and O–H groups in total. The van der Waals surface area contributed by atoms with E-state index >= 15 is 0 Å². The molecule has 3 nitrogen and oxygen atoms in total. The molecular weight excluding hydrogens is 228 g/mol. The second-order valence-corrected chi connectivity index (χ2v) is 5.90. The number of allylic oxidation sites excluding steroid dienone is 1. The van der Waals surface area contributed by atoms with Gasteiger partial charge in [0.15, 0.2) is 0 Å². The van der Waals surface area contributed by atoms with Crippen LogP contribution in [0.2, 0.25) is 0 Å². The van der Waals surface area contributed by atoms with E-state index in [1.807, 2.05) is 6.92 Å². The summed E-state index contributed by atoms with van der Waals surface area (Å²) in [7, 11) is 0. The van der Waals surface area contributed by atoms with Gasteiger partial charge >= 0.3 is 5.97 Å². The van der Waals surface area contributed by atoms with E-state index in [1.165, 1.54) is 5.57 Å². The number of esters is 1. The highest BCUT2D eigenvalue weighted by molar-refractivity contribution is 5.68. The van der Waals surface area contributed by atoms with Gasteiger partial charge in [0.05, 0.1) is 19.3 Å². The molecule has 18 heavy (non-hydrogen) atoms. The fourth-order valence-corrected chi connectivity index (χ4v) is 3.18. The van der Waals surface area contributed by atoms with Crippen molar-refractivity contribution in [1.82, 2.24) is 0 Å². The summed E-state index contributed by atoms with van der Waals surface area (Å²) in [6.45, 7) is 9.56. The second kappa shape index (κ2) is 5.04. The molecule has 1 fully saturated rings. The van der Waals surface area contributed by atoms with E-state index in [0.717, 1.165) is 6.42 Å². The van der Waals surface area contributed by atoms with Crippen LogP contribution in [0, 0.1) is 17.3 Å². The highest BCUT2D eigenvalue weighted by atomic mass is 16.5. The Kier molecular flexibility index (Phi) is 3.81. The van der Waals surface area contributed by atoms with Crippen LogP contribution in [0.4, 0.5) is 0 Å². The topological polar surface area (TPSA) is 35.5 Å². The molecule has 4 atom stereocenters. The lowest BCUT2D eigenvalue weighted by atomic mass is 9.63. The van der Waals surface area contributed by atoms with Gasteiger partial charge in [-0.15, -0.1) is 0 Å². The molecule has 0 unspecified atom stereocenters. The monoisotopic (exact) mass is 252 g/mol. The molecule has 2 bridgehead atoms. The highest BCUT2D eigenvalue weighted by Gasteiger charge is 2.47. The minimum atomic E-state index is -0.113. The molecule has 1 aliphatic carbocycles.